The van der Waals surface area contributed by atoms with Crippen molar-refractivity contribution in [3.05, 3.63) is 0 Å². The fraction of sp³-hybridized carbons (Fsp3) is 0.941. The topological polar surface area (TPSA) is 445 Å². The number of hydrogen-bond acceptors (Lipinski definition) is 26. The Kier molecular flexibility index (Phi) is 18.1. The third-order valence-corrected chi connectivity index (χ3v) is 11.1. The van der Waals surface area contributed by atoms with Gasteiger partial charge in [0.05, 0.1) is 33.0 Å². The summed E-state index contributed by atoms with van der Waals surface area (Å²) in [4.78, 5) is 24.4. The summed E-state index contributed by atoms with van der Waals surface area (Å²) in [5.74, 6) is -1.54. The molecule has 5 aliphatic heterocycles. The van der Waals surface area contributed by atoms with Gasteiger partial charge in [-0.3, -0.25) is 9.59 Å². The Morgan fingerprint density at radius 3 is 1.21 bits per heavy atom. The number of aliphatic hydroxyl groups is 15. The van der Waals surface area contributed by atoms with E-state index >= 15 is 0 Å². The van der Waals surface area contributed by atoms with Crippen molar-refractivity contribution in [1.29, 1.82) is 0 Å². The van der Waals surface area contributed by atoms with Gasteiger partial charge in [0.15, 0.2) is 31.5 Å². The number of carbonyl (C=O) groups is 2. The predicted octanol–water partition coefficient (Wildman–Crippen LogP) is -11.6. The zero-order valence-corrected chi connectivity index (χ0v) is 33.2. The van der Waals surface area contributed by atoms with Gasteiger partial charge in [-0.2, -0.15) is 0 Å². The van der Waals surface area contributed by atoms with Gasteiger partial charge in [0.1, 0.15) is 122 Å². The van der Waals surface area contributed by atoms with E-state index in [9.17, 15) is 86.2 Å². The third-order valence-electron chi connectivity index (χ3n) is 11.1. The molecule has 17 N–H and O–H groups in total. The van der Waals surface area contributed by atoms with Crippen molar-refractivity contribution < 1.29 is 129 Å². The van der Waals surface area contributed by atoms with Crippen molar-refractivity contribution >= 4 is 11.8 Å². The molecule has 360 valence electrons. The van der Waals surface area contributed by atoms with Crippen molar-refractivity contribution in [3.8, 4) is 0 Å². The van der Waals surface area contributed by atoms with Crippen LogP contribution in [0.2, 0.25) is 0 Å². The first-order chi connectivity index (χ1) is 29.3. The summed E-state index contributed by atoms with van der Waals surface area (Å²) >= 11 is 0. The van der Waals surface area contributed by atoms with Gasteiger partial charge in [-0.05, 0) is 0 Å². The van der Waals surface area contributed by atoms with E-state index < -0.39 is 198 Å². The van der Waals surface area contributed by atoms with E-state index in [0.29, 0.717) is 0 Å². The molecule has 0 spiro atoms. The Balaban J connectivity index is 1.37. The van der Waals surface area contributed by atoms with Gasteiger partial charge in [-0.15, -0.1) is 0 Å². The lowest BCUT2D eigenvalue weighted by atomic mass is 9.94. The van der Waals surface area contributed by atoms with Crippen molar-refractivity contribution in [2.75, 3.05) is 33.0 Å². The van der Waals surface area contributed by atoms with E-state index in [2.05, 4.69) is 10.6 Å². The molecule has 0 radical (unpaired) electrons. The molecule has 28 heteroatoms. The number of amides is 2. The Bertz CT molecular complexity index is 1440. The first-order valence-corrected chi connectivity index (χ1v) is 19.6. The van der Waals surface area contributed by atoms with Gasteiger partial charge < -0.3 is 130 Å². The SMILES string of the molecule is CC(=O)N[C@@H]1[C@@H](O[C@@H]2O[C@H](CO)[C@H](O)[C@H](O[C@@H]3O[C@H](CO)[C@@H](O[C@@H]4O[C@H](CO)[C@H](O)[C@H](O[C@@H]5O[C@H](CO)[C@H](O)[C@H](O)[C@H]5O)[C@H]4O)[C@H](O)[C@H]3NC(C)=O)[C@H]2O)[C@@H](O)[C@@H](CO)O[C@@H]1O. The van der Waals surface area contributed by atoms with E-state index in [1.165, 1.54) is 0 Å². The molecule has 5 rings (SSSR count). The maximum atomic E-state index is 12.5. The number of carbonyl (C=O) groups excluding carboxylic acids is 2. The average Bonchev–Trinajstić information content (AvgIpc) is 3.23. The Morgan fingerprint density at radius 1 is 0.387 bits per heavy atom. The van der Waals surface area contributed by atoms with Gasteiger partial charge in [-0.25, -0.2) is 0 Å². The second-order valence-corrected chi connectivity index (χ2v) is 15.4. The highest BCUT2D eigenvalue weighted by Gasteiger charge is 2.57. The van der Waals surface area contributed by atoms with E-state index in [4.69, 9.17) is 42.6 Å². The second-order valence-electron chi connectivity index (χ2n) is 15.4. The van der Waals surface area contributed by atoms with Crippen molar-refractivity contribution in [2.45, 2.75) is 167 Å². The molecule has 5 aliphatic rings. The lowest BCUT2D eigenvalue weighted by Crippen LogP contribution is -2.70. The fourth-order valence-electron chi connectivity index (χ4n) is 7.83. The standard InChI is InChI=1S/C34H58N2O26/c1-8(42)35-15-21(48)26(59-33-25(52)29(20(47)13(6-40)56-33)62-32-23(50)22(49)17(44)10(3-37)55-32)14(7-41)58-31(15)61-28-19(46)12(5-39)57-34(24(28)51)60-27-16(36-9(2)43)30(53)54-11(4-38)18(27)45/h10-34,37-41,44-53H,3-7H2,1-2H3,(H,35,42)(H,36,43)/t10-,11-,12-,13-,14-,15-,16-,17+,18+,19+,20+,21-,22+,23-,24-,25-,26-,27-,28+,29+,30+,31+,32+,33+,34+/m1/s1. The predicted molar refractivity (Wildman–Crippen MR) is 190 cm³/mol. The number of nitrogens with one attached hydrogen (secondary N) is 2. The summed E-state index contributed by atoms with van der Waals surface area (Å²) in [5, 5.41) is 163. The smallest absolute Gasteiger partial charge is 0.217 e. The number of rotatable bonds is 15. The van der Waals surface area contributed by atoms with E-state index in [-0.39, 0.29) is 0 Å². The molecule has 25 atom stereocenters. The van der Waals surface area contributed by atoms with Crippen molar-refractivity contribution in [1.82, 2.24) is 10.6 Å². The van der Waals surface area contributed by atoms with Crippen LogP contribution in [0.15, 0.2) is 0 Å². The third kappa shape index (κ3) is 10.8. The maximum absolute atomic E-state index is 12.5. The summed E-state index contributed by atoms with van der Waals surface area (Å²) in [6.07, 6.45) is -42.4. The van der Waals surface area contributed by atoms with Crippen LogP contribution in [0, 0.1) is 0 Å². The highest BCUT2D eigenvalue weighted by Crippen LogP contribution is 2.35. The second kappa shape index (κ2) is 22.0. The molecule has 0 aromatic rings. The van der Waals surface area contributed by atoms with Crippen LogP contribution in [0.5, 0.6) is 0 Å². The van der Waals surface area contributed by atoms with Crippen molar-refractivity contribution in [2.24, 2.45) is 0 Å². The first kappa shape index (κ1) is 51.0. The zero-order valence-electron chi connectivity index (χ0n) is 33.2. The van der Waals surface area contributed by atoms with Gasteiger partial charge in [0.2, 0.25) is 11.8 Å². The largest absolute Gasteiger partial charge is 0.394 e. The lowest BCUT2D eigenvalue weighted by molar-refractivity contribution is -0.384. The lowest BCUT2D eigenvalue weighted by Gasteiger charge is -2.50. The van der Waals surface area contributed by atoms with Gasteiger partial charge >= 0.3 is 0 Å². The molecule has 5 heterocycles. The van der Waals surface area contributed by atoms with Crippen LogP contribution in [0.25, 0.3) is 0 Å². The van der Waals surface area contributed by atoms with Crippen LogP contribution in [0.3, 0.4) is 0 Å². The minimum Gasteiger partial charge on any atom is -0.394 e. The van der Waals surface area contributed by atoms with Crippen molar-refractivity contribution in [3.63, 3.8) is 0 Å². The molecule has 0 saturated carbocycles. The summed E-state index contributed by atoms with van der Waals surface area (Å²) in [6, 6.07) is -3.27. The molecule has 28 nitrogen and oxygen atoms in total. The van der Waals surface area contributed by atoms with E-state index in [1.54, 1.807) is 0 Å². The summed E-state index contributed by atoms with van der Waals surface area (Å²) in [6.45, 7) is -2.51. The van der Waals surface area contributed by atoms with Gasteiger partial charge in [0, 0.05) is 13.8 Å². The normalized spacial score (nSPS) is 49.0. The maximum Gasteiger partial charge on any atom is 0.217 e. The zero-order chi connectivity index (χ0) is 45.9. The Labute approximate surface area is 351 Å². The highest BCUT2D eigenvalue weighted by molar-refractivity contribution is 5.73. The van der Waals surface area contributed by atoms with Gasteiger partial charge in [-0.1, -0.05) is 0 Å². The molecule has 0 aromatic carbocycles. The summed E-state index contributed by atoms with van der Waals surface area (Å²) in [7, 11) is 0. The molecule has 62 heavy (non-hydrogen) atoms. The molecule has 0 bridgehead atoms. The molecular formula is C34H58N2O26. The van der Waals surface area contributed by atoms with Crippen LogP contribution in [0.4, 0.5) is 0 Å². The molecule has 0 aromatic heterocycles. The van der Waals surface area contributed by atoms with E-state index in [0.717, 1.165) is 13.8 Å². The molecule has 5 fully saturated rings. The van der Waals surface area contributed by atoms with Crippen LogP contribution in [0.1, 0.15) is 13.8 Å². The van der Waals surface area contributed by atoms with Crippen LogP contribution in [-0.2, 0) is 52.2 Å². The summed E-state index contributed by atoms with van der Waals surface area (Å²) < 4.78 is 50.5. The molecular weight excluding hydrogens is 852 g/mol. The molecule has 2 amide bonds. The van der Waals surface area contributed by atoms with Crippen LogP contribution >= 0.6 is 0 Å². The number of hydrogen-bond donors (Lipinski definition) is 17. The monoisotopic (exact) mass is 910 g/mol. The minimum absolute atomic E-state index is 0.717. The highest BCUT2D eigenvalue weighted by atomic mass is 16.8. The van der Waals surface area contributed by atoms with E-state index in [1.807, 2.05) is 0 Å². The fourth-order valence-corrected chi connectivity index (χ4v) is 7.83. The Hall–Kier alpha value is -2.02. The van der Waals surface area contributed by atoms with Crippen LogP contribution in [-0.4, -0.2) is 275 Å². The van der Waals surface area contributed by atoms with Crippen LogP contribution < -0.4 is 10.6 Å². The summed E-state index contributed by atoms with van der Waals surface area (Å²) in [5.41, 5.74) is 0. The average molecular weight is 911 g/mol. The molecule has 0 unspecified atom stereocenters. The molecule has 5 saturated heterocycles. The number of ether oxygens (including phenoxy) is 9. The quantitative estimate of drug-likeness (QED) is 0.0725. The number of aliphatic hydroxyl groups excluding tert-OH is 15. The van der Waals surface area contributed by atoms with Gasteiger partial charge in [0.25, 0.3) is 0 Å². The Morgan fingerprint density at radius 2 is 0.742 bits per heavy atom. The minimum atomic E-state index is -2.11. The molecule has 0 aliphatic carbocycles. The first-order valence-electron chi connectivity index (χ1n) is 19.6.